The molecule has 1 unspecified atom stereocenters. The lowest BCUT2D eigenvalue weighted by Crippen LogP contribution is -2.27. The molecule has 1 aliphatic heterocycles. The molecule has 2 aromatic rings. The molecule has 8 heteroatoms. The molecule has 0 saturated carbocycles. The third-order valence-electron chi connectivity index (χ3n) is 4.20. The van der Waals surface area contributed by atoms with E-state index >= 15 is 0 Å². The van der Waals surface area contributed by atoms with Gasteiger partial charge < -0.3 is 9.30 Å². The molecular formula is C15H20N4O3S. The van der Waals surface area contributed by atoms with Crippen LogP contribution in [0, 0.1) is 0 Å². The summed E-state index contributed by atoms with van der Waals surface area (Å²) >= 11 is 0. The van der Waals surface area contributed by atoms with E-state index in [1.165, 1.54) is 24.7 Å². The number of rotatable bonds is 4. The van der Waals surface area contributed by atoms with Crippen LogP contribution >= 0.6 is 0 Å². The highest BCUT2D eigenvalue weighted by Crippen LogP contribution is 2.28. The fraction of sp³-hybridized carbons (Fsp3) is 0.467. The number of sulfonamides is 1. The summed E-state index contributed by atoms with van der Waals surface area (Å²) in [7, 11) is -0.695. The maximum absolute atomic E-state index is 12.8. The van der Waals surface area contributed by atoms with E-state index in [4.69, 9.17) is 4.74 Å². The van der Waals surface area contributed by atoms with Gasteiger partial charge in [-0.3, -0.25) is 4.31 Å². The van der Waals surface area contributed by atoms with Crippen molar-refractivity contribution in [1.29, 1.82) is 0 Å². The van der Waals surface area contributed by atoms with Crippen molar-refractivity contribution < 1.29 is 13.2 Å². The van der Waals surface area contributed by atoms with E-state index in [9.17, 15) is 8.42 Å². The normalized spacial score (nSPS) is 17.6. The zero-order chi connectivity index (χ0) is 16.6. The van der Waals surface area contributed by atoms with Crippen LogP contribution in [-0.2, 0) is 16.4 Å². The first-order valence-electron chi connectivity index (χ1n) is 7.50. The Labute approximate surface area is 136 Å². The largest absolute Gasteiger partial charge is 0.481 e. The van der Waals surface area contributed by atoms with Crippen molar-refractivity contribution >= 4 is 15.7 Å². The van der Waals surface area contributed by atoms with Crippen LogP contribution in [0.2, 0.25) is 0 Å². The summed E-state index contributed by atoms with van der Waals surface area (Å²) < 4.78 is 33.8. The monoisotopic (exact) mass is 336 g/mol. The molecule has 2 aromatic heterocycles. The summed E-state index contributed by atoms with van der Waals surface area (Å²) in [6.07, 6.45) is 6.00. The lowest BCUT2D eigenvalue weighted by molar-refractivity contribution is 0.398. The van der Waals surface area contributed by atoms with Crippen LogP contribution < -0.4 is 9.04 Å². The number of imidazole rings is 1. The number of fused-ring (bicyclic) bond motifs is 1. The number of hydrogen-bond acceptors (Lipinski definition) is 5. The lowest BCUT2D eigenvalue weighted by atomic mass is 10.1. The highest BCUT2D eigenvalue weighted by atomic mass is 32.2. The molecular weight excluding hydrogens is 316 g/mol. The first-order valence-corrected chi connectivity index (χ1v) is 8.94. The number of aryl methyl sites for hydroxylation is 1. The van der Waals surface area contributed by atoms with Crippen molar-refractivity contribution in [3.05, 3.63) is 30.4 Å². The minimum absolute atomic E-state index is 0.0829. The van der Waals surface area contributed by atoms with E-state index in [0.29, 0.717) is 11.6 Å². The van der Waals surface area contributed by atoms with E-state index < -0.39 is 10.0 Å². The molecule has 0 aliphatic carbocycles. The summed E-state index contributed by atoms with van der Waals surface area (Å²) in [4.78, 5) is 8.39. The van der Waals surface area contributed by atoms with Gasteiger partial charge in [0, 0.05) is 31.8 Å². The molecule has 0 radical (unpaired) electrons. The van der Waals surface area contributed by atoms with Gasteiger partial charge in [-0.15, -0.1) is 0 Å². The molecule has 0 amide bonds. The lowest BCUT2D eigenvalue weighted by Gasteiger charge is -2.20. The molecule has 1 aliphatic rings. The smallest absolute Gasteiger partial charge is 0.283 e. The Morgan fingerprint density at radius 3 is 2.78 bits per heavy atom. The van der Waals surface area contributed by atoms with E-state index in [1.54, 1.807) is 18.3 Å². The molecule has 1 atom stereocenters. The summed E-state index contributed by atoms with van der Waals surface area (Å²) in [6, 6.07) is 3.56. The van der Waals surface area contributed by atoms with Gasteiger partial charge in [-0.25, -0.2) is 9.97 Å². The molecule has 3 heterocycles. The fourth-order valence-corrected chi connectivity index (χ4v) is 3.89. The Bertz CT molecular complexity index is 799. The minimum Gasteiger partial charge on any atom is -0.481 e. The number of ether oxygens (including phenoxy) is 1. The summed E-state index contributed by atoms with van der Waals surface area (Å²) in [5, 5.41) is 0.0829. The van der Waals surface area contributed by atoms with Crippen LogP contribution in [-0.4, -0.2) is 37.1 Å². The number of aromatic nitrogens is 3. The molecule has 23 heavy (non-hydrogen) atoms. The second-order valence-corrected chi connectivity index (χ2v) is 7.59. The maximum Gasteiger partial charge on any atom is 0.283 e. The predicted molar refractivity (Wildman–Crippen MR) is 86.3 cm³/mol. The van der Waals surface area contributed by atoms with Crippen molar-refractivity contribution in [2.45, 2.75) is 37.3 Å². The van der Waals surface area contributed by atoms with Crippen molar-refractivity contribution in [1.82, 2.24) is 14.5 Å². The number of hydrogen-bond donors (Lipinski definition) is 0. The van der Waals surface area contributed by atoms with E-state index in [0.717, 1.165) is 25.1 Å². The van der Waals surface area contributed by atoms with Gasteiger partial charge in [0.15, 0.2) is 5.03 Å². The molecule has 0 N–H and O–H groups in total. The first kappa shape index (κ1) is 15.8. The van der Waals surface area contributed by atoms with Crippen molar-refractivity contribution in [2.24, 2.45) is 0 Å². The Kier molecular flexibility index (Phi) is 4.01. The van der Waals surface area contributed by atoms with Crippen LogP contribution in [0.1, 0.15) is 31.6 Å². The fourth-order valence-electron chi connectivity index (χ4n) is 2.75. The Morgan fingerprint density at radius 2 is 2.17 bits per heavy atom. The number of anilines is 1. The minimum atomic E-state index is -3.71. The number of methoxy groups -OCH3 is 1. The van der Waals surface area contributed by atoms with Crippen LogP contribution in [0.3, 0.4) is 0 Å². The van der Waals surface area contributed by atoms with E-state index in [-0.39, 0.29) is 11.1 Å². The molecule has 7 nitrogen and oxygen atoms in total. The topological polar surface area (TPSA) is 77.3 Å². The maximum atomic E-state index is 12.8. The van der Waals surface area contributed by atoms with Crippen molar-refractivity contribution in [3.8, 4) is 5.88 Å². The van der Waals surface area contributed by atoms with Crippen LogP contribution in [0.5, 0.6) is 5.88 Å². The van der Waals surface area contributed by atoms with E-state index in [2.05, 4.69) is 16.9 Å². The second kappa shape index (κ2) is 5.84. The molecule has 3 rings (SSSR count). The van der Waals surface area contributed by atoms with Gasteiger partial charge >= 0.3 is 0 Å². The summed E-state index contributed by atoms with van der Waals surface area (Å²) in [5.74, 6) is 1.27. The third-order valence-corrected chi connectivity index (χ3v) is 5.86. The Balaban J connectivity index is 1.94. The molecule has 124 valence electrons. The molecule has 0 saturated heterocycles. The first-order chi connectivity index (χ1) is 10.9. The molecule has 0 aromatic carbocycles. The molecule has 0 spiro atoms. The number of nitrogens with zero attached hydrogens (tertiary/aromatic N) is 4. The van der Waals surface area contributed by atoms with Gasteiger partial charge in [-0.05, 0) is 25.8 Å². The predicted octanol–water partition coefficient (Wildman–Crippen LogP) is 2.01. The average molecular weight is 336 g/mol. The highest BCUT2D eigenvalue weighted by Gasteiger charge is 2.28. The van der Waals surface area contributed by atoms with Gasteiger partial charge in [0.05, 0.1) is 19.0 Å². The van der Waals surface area contributed by atoms with Gasteiger partial charge in [0.2, 0.25) is 5.88 Å². The summed E-state index contributed by atoms with van der Waals surface area (Å²) in [5.41, 5.74) is 0.463. The SMILES string of the molecule is COc1ccc(N(C)S(=O)(=O)c2cn3c(n2)CCCC3C)cn1. The second-order valence-electron chi connectivity index (χ2n) is 5.68. The summed E-state index contributed by atoms with van der Waals surface area (Å²) in [6.45, 7) is 2.08. The van der Waals surface area contributed by atoms with Gasteiger partial charge in [-0.2, -0.15) is 8.42 Å². The Morgan fingerprint density at radius 1 is 1.39 bits per heavy atom. The highest BCUT2D eigenvalue weighted by molar-refractivity contribution is 7.92. The van der Waals surface area contributed by atoms with Crippen LogP contribution in [0.25, 0.3) is 0 Å². The van der Waals surface area contributed by atoms with Gasteiger partial charge in [0.1, 0.15) is 5.82 Å². The van der Waals surface area contributed by atoms with Crippen LogP contribution in [0.15, 0.2) is 29.6 Å². The third kappa shape index (κ3) is 2.78. The Hall–Kier alpha value is -2.09. The standard InChI is InChI=1S/C15H20N4O3S/c1-11-5-4-6-13-17-15(10-19(11)13)23(20,21)18(2)12-7-8-14(22-3)16-9-12/h7-11H,4-6H2,1-3H3. The van der Waals surface area contributed by atoms with Gasteiger partial charge in [-0.1, -0.05) is 0 Å². The molecule has 0 fully saturated rings. The molecule has 0 bridgehead atoms. The zero-order valence-corrected chi connectivity index (χ0v) is 14.2. The van der Waals surface area contributed by atoms with Crippen molar-refractivity contribution in [3.63, 3.8) is 0 Å². The number of pyridine rings is 1. The zero-order valence-electron chi connectivity index (χ0n) is 13.4. The van der Waals surface area contributed by atoms with E-state index in [1.807, 2.05) is 4.57 Å². The van der Waals surface area contributed by atoms with Crippen molar-refractivity contribution in [2.75, 3.05) is 18.5 Å². The van der Waals surface area contributed by atoms with Crippen LogP contribution in [0.4, 0.5) is 5.69 Å². The van der Waals surface area contributed by atoms with Gasteiger partial charge in [0.25, 0.3) is 10.0 Å². The quantitative estimate of drug-likeness (QED) is 0.853. The average Bonchev–Trinajstić information content (AvgIpc) is 3.01.